The van der Waals surface area contributed by atoms with E-state index in [0.717, 1.165) is 28.7 Å². The number of fused-ring (bicyclic) bond motifs is 3. The molecule has 2 amide bonds. The van der Waals surface area contributed by atoms with Crippen molar-refractivity contribution in [3.8, 4) is 11.1 Å². The zero-order chi connectivity index (χ0) is 24.1. The monoisotopic (exact) mass is 463 g/mol. The van der Waals surface area contributed by atoms with E-state index in [2.05, 4.69) is 25.8 Å². The maximum Gasteiger partial charge on any atom is 0.414 e. The predicted molar refractivity (Wildman–Crippen MR) is 123 cm³/mol. The van der Waals surface area contributed by atoms with Crippen LogP contribution < -0.4 is 10.6 Å². The van der Waals surface area contributed by atoms with Crippen molar-refractivity contribution < 1.29 is 24.2 Å². The number of hydrogen-bond donors (Lipinski definition) is 4. The number of carboxylic acid groups (broad SMARTS) is 1. The molecule has 4 N–H and O–H groups in total. The van der Waals surface area contributed by atoms with E-state index in [0.29, 0.717) is 12.8 Å². The van der Waals surface area contributed by atoms with Crippen LogP contribution in [0, 0.1) is 0 Å². The van der Waals surface area contributed by atoms with Crippen molar-refractivity contribution in [2.75, 3.05) is 11.9 Å². The number of ether oxygens (including phenoxy) is 1. The quantitative estimate of drug-likeness (QED) is 0.379. The number of unbranched alkanes of at least 4 members (excludes halogenated alkanes) is 1. The Hall–Kier alpha value is -4.21. The summed E-state index contributed by atoms with van der Waals surface area (Å²) in [5, 5.41) is 20.2. The fraction of sp³-hybridized carbons (Fsp3) is 0.292. The highest BCUT2D eigenvalue weighted by Crippen LogP contribution is 2.44. The van der Waals surface area contributed by atoms with Gasteiger partial charge in [-0.1, -0.05) is 68.3 Å². The average molecular weight is 463 g/mol. The smallest absolute Gasteiger partial charge is 0.414 e. The van der Waals surface area contributed by atoms with Crippen molar-refractivity contribution in [2.45, 2.75) is 38.1 Å². The Labute approximate surface area is 195 Å². The SMILES string of the molecule is CCCCC(NC(=O)c1nc(NC(=O)OCC2c3ccccc3-c3ccccc32)n[nH]1)C(=O)O. The predicted octanol–water partition coefficient (Wildman–Crippen LogP) is 3.54. The number of nitrogens with one attached hydrogen (secondary N) is 3. The number of H-pyrrole nitrogens is 1. The molecule has 2 aromatic carbocycles. The average Bonchev–Trinajstić information content (AvgIpc) is 3.43. The number of aromatic nitrogens is 3. The molecule has 3 aromatic rings. The second-order valence-corrected chi connectivity index (χ2v) is 7.96. The van der Waals surface area contributed by atoms with Gasteiger partial charge in [-0.05, 0) is 28.7 Å². The van der Waals surface area contributed by atoms with Crippen LogP contribution >= 0.6 is 0 Å². The number of carbonyl (C=O) groups is 3. The Morgan fingerprint density at radius 1 is 1.09 bits per heavy atom. The lowest BCUT2D eigenvalue weighted by atomic mass is 9.98. The molecule has 1 aliphatic carbocycles. The van der Waals surface area contributed by atoms with Gasteiger partial charge in [-0.3, -0.25) is 15.2 Å². The molecule has 1 aliphatic rings. The molecular formula is C24H25N5O5. The van der Waals surface area contributed by atoms with Crippen LogP contribution in [-0.4, -0.2) is 50.9 Å². The topological polar surface area (TPSA) is 146 Å². The molecule has 1 heterocycles. The molecule has 34 heavy (non-hydrogen) atoms. The van der Waals surface area contributed by atoms with Crippen molar-refractivity contribution in [1.82, 2.24) is 20.5 Å². The first-order valence-electron chi connectivity index (χ1n) is 11.1. The molecule has 0 saturated carbocycles. The molecule has 10 heteroatoms. The Morgan fingerprint density at radius 2 is 1.74 bits per heavy atom. The van der Waals surface area contributed by atoms with Gasteiger partial charge in [-0.2, -0.15) is 4.98 Å². The fourth-order valence-corrected chi connectivity index (χ4v) is 4.04. The highest BCUT2D eigenvalue weighted by molar-refractivity contribution is 5.94. The standard InChI is InChI=1S/C24H25N5O5/c1-2-3-12-19(22(31)32)25-21(30)20-26-23(29-28-20)27-24(33)34-13-18-16-10-6-4-8-14(16)15-9-5-7-11-17(15)18/h4-11,18-19H,2-3,12-13H2,1H3,(H,25,30)(H,31,32)(H2,26,27,28,29,33). The number of anilines is 1. The van der Waals surface area contributed by atoms with Gasteiger partial charge in [0.25, 0.3) is 11.9 Å². The van der Waals surface area contributed by atoms with E-state index in [1.165, 1.54) is 0 Å². The number of amides is 2. The number of nitrogens with zero attached hydrogens (tertiary/aromatic N) is 2. The zero-order valence-electron chi connectivity index (χ0n) is 18.6. The first-order chi connectivity index (χ1) is 16.5. The summed E-state index contributed by atoms with van der Waals surface area (Å²) >= 11 is 0. The van der Waals surface area contributed by atoms with Crippen LogP contribution in [0.25, 0.3) is 11.1 Å². The van der Waals surface area contributed by atoms with Crippen LogP contribution in [0.1, 0.15) is 53.8 Å². The van der Waals surface area contributed by atoms with Crippen molar-refractivity contribution in [1.29, 1.82) is 0 Å². The summed E-state index contributed by atoms with van der Waals surface area (Å²) in [6, 6.07) is 15.0. The number of aliphatic carboxylic acids is 1. The summed E-state index contributed by atoms with van der Waals surface area (Å²) in [4.78, 5) is 39.9. The van der Waals surface area contributed by atoms with Crippen molar-refractivity contribution >= 4 is 23.9 Å². The molecule has 0 spiro atoms. The minimum absolute atomic E-state index is 0.0947. The molecule has 0 aliphatic heterocycles. The van der Waals surface area contributed by atoms with Crippen LogP contribution in [0.15, 0.2) is 48.5 Å². The van der Waals surface area contributed by atoms with E-state index in [9.17, 15) is 19.5 Å². The molecule has 0 radical (unpaired) electrons. The molecular weight excluding hydrogens is 438 g/mol. The Morgan fingerprint density at radius 3 is 2.35 bits per heavy atom. The first kappa shape index (κ1) is 23.0. The van der Waals surface area contributed by atoms with E-state index in [-0.39, 0.29) is 24.3 Å². The lowest BCUT2D eigenvalue weighted by Gasteiger charge is -2.14. The molecule has 0 saturated heterocycles. The van der Waals surface area contributed by atoms with Crippen molar-refractivity contribution in [3.63, 3.8) is 0 Å². The summed E-state index contributed by atoms with van der Waals surface area (Å²) in [6.45, 7) is 2.05. The van der Waals surface area contributed by atoms with E-state index in [1.54, 1.807) is 0 Å². The van der Waals surface area contributed by atoms with Crippen LogP contribution in [0.2, 0.25) is 0 Å². The van der Waals surface area contributed by atoms with Gasteiger partial charge < -0.3 is 15.2 Å². The molecule has 4 rings (SSSR count). The third kappa shape index (κ3) is 4.90. The lowest BCUT2D eigenvalue weighted by Crippen LogP contribution is -2.41. The van der Waals surface area contributed by atoms with Crippen LogP contribution in [-0.2, 0) is 9.53 Å². The van der Waals surface area contributed by atoms with E-state index in [1.807, 2.05) is 55.5 Å². The highest BCUT2D eigenvalue weighted by Gasteiger charge is 2.29. The second-order valence-electron chi connectivity index (χ2n) is 7.96. The van der Waals surface area contributed by atoms with Gasteiger partial charge in [-0.15, -0.1) is 5.10 Å². The van der Waals surface area contributed by atoms with Crippen molar-refractivity contribution in [3.05, 3.63) is 65.5 Å². The number of carbonyl (C=O) groups excluding carboxylic acids is 2. The van der Waals surface area contributed by atoms with Crippen molar-refractivity contribution in [2.24, 2.45) is 0 Å². The molecule has 10 nitrogen and oxygen atoms in total. The van der Waals surface area contributed by atoms with E-state index >= 15 is 0 Å². The summed E-state index contributed by atoms with van der Waals surface area (Å²) in [5.41, 5.74) is 4.42. The fourth-order valence-electron chi connectivity index (χ4n) is 4.04. The van der Waals surface area contributed by atoms with Gasteiger partial charge in [0.1, 0.15) is 12.6 Å². The largest absolute Gasteiger partial charge is 0.480 e. The number of aromatic amines is 1. The Balaban J connectivity index is 1.35. The van der Waals surface area contributed by atoms with Gasteiger partial charge in [0.2, 0.25) is 5.82 Å². The van der Waals surface area contributed by atoms with Crippen LogP contribution in [0.3, 0.4) is 0 Å². The third-order valence-electron chi connectivity index (χ3n) is 5.71. The van der Waals surface area contributed by atoms with Gasteiger partial charge in [0.05, 0.1) is 0 Å². The third-order valence-corrected chi connectivity index (χ3v) is 5.71. The van der Waals surface area contributed by atoms with Crippen LogP contribution in [0.4, 0.5) is 10.7 Å². The Kier molecular flexibility index (Phi) is 6.86. The molecule has 0 bridgehead atoms. The number of benzene rings is 2. The minimum atomic E-state index is -1.13. The highest BCUT2D eigenvalue weighted by atomic mass is 16.5. The van der Waals surface area contributed by atoms with Gasteiger partial charge in [0, 0.05) is 5.92 Å². The molecule has 0 fully saturated rings. The first-order valence-corrected chi connectivity index (χ1v) is 11.1. The number of carboxylic acids is 1. The normalized spacial score (nSPS) is 13.0. The van der Waals surface area contributed by atoms with Gasteiger partial charge in [0.15, 0.2) is 0 Å². The van der Waals surface area contributed by atoms with Gasteiger partial charge in [-0.25, -0.2) is 9.59 Å². The van der Waals surface area contributed by atoms with Gasteiger partial charge >= 0.3 is 12.1 Å². The lowest BCUT2D eigenvalue weighted by molar-refractivity contribution is -0.139. The maximum absolute atomic E-state index is 12.4. The molecule has 1 aromatic heterocycles. The summed E-state index contributed by atoms with van der Waals surface area (Å²) < 4.78 is 5.43. The molecule has 1 atom stereocenters. The van der Waals surface area contributed by atoms with E-state index in [4.69, 9.17) is 4.74 Å². The summed E-state index contributed by atoms with van der Waals surface area (Å²) in [6.07, 6.45) is 0.994. The molecule has 1 unspecified atom stereocenters. The van der Waals surface area contributed by atoms with Crippen LogP contribution in [0.5, 0.6) is 0 Å². The minimum Gasteiger partial charge on any atom is -0.480 e. The summed E-state index contributed by atoms with van der Waals surface area (Å²) in [5.74, 6) is -2.31. The van der Waals surface area contributed by atoms with E-state index < -0.39 is 24.0 Å². The second kappa shape index (κ2) is 10.2. The summed E-state index contributed by atoms with van der Waals surface area (Å²) in [7, 11) is 0. The molecule has 176 valence electrons. The number of hydrogen-bond acceptors (Lipinski definition) is 6. The zero-order valence-corrected chi connectivity index (χ0v) is 18.6. The number of rotatable bonds is 9. The maximum atomic E-state index is 12.4. The Bertz CT molecular complexity index is 1160.